The lowest BCUT2D eigenvalue weighted by Gasteiger charge is -2.32. The monoisotopic (exact) mass is 972 g/mol. The molecular formula is C72H48N2S. The lowest BCUT2D eigenvalue weighted by molar-refractivity contribution is 1.28. The Kier molecular flexibility index (Phi) is 11.1. The molecule has 0 unspecified atom stereocenters. The average Bonchev–Trinajstić information content (AvgIpc) is 3.86. The Morgan fingerprint density at radius 1 is 0.213 bits per heavy atom. The third-order valence-electron chi connectivity index (χ3n) is 14.8. The van der Waals surface area contributed by atoms with Gasteiger partial charge >= 0.3 is 0 Å². The van der Waals surface area contributed by atoms with Crippen molar-refractivity contribution in [2.75, 3.05) is 9.80 Å². The molecule has 0 aliphatic carbocycles. The molecule has 0 fully saturated rings. The fourth-order valence-corrected chi connectivity index (χ4v) is 12.3. The van der Waals surface area contributed by atoms with E-state index in [9.17, 15) is 0 Å². The van der Waals surface area contributed by atoms with Crippen LogP contribution in [0.5, 0.6) is 0 Å². The lowest BCUT2D eigenvalue weighted by Crippen LogP contribution is -2.14. The minimum Gasteiger partial charge on any atom is -0.309 e. The van der Waals surface area contributed by atoms with Gasteiger partial charge < -0.3 is 9.80 Å². The standard InChI is InChI=1S/C72H48N2S/c1-2-17-49(18-3-1)50-35-37-51(38-36-50)54-23-14-24-59(46-54)73(67-32-15-21-52-19-4-6-25-61(52)67)69-30-11-8-27-63(69)64-28-9-12-31-70(64)74(68-33-16-22-53-20-5-7-26-62(53)68)60-43-41-56-45-55(39-40-57(56)47-60)58-42-44-66-65-29-10-13-34-71(65)75-72(66)48-58/h1-48H. The number of hydrogen-bond acceptors (Lipinski definition) is 3. The summed E-state index contributed by atoms with van der Waals surface area (Å²) in [5, 5.41) is 9.76. The van der Waals surface area contributed by atoms with Gasteiger partial charge in [0.2, 0.25) is 0 Å². The van der Waals surface area contributed by atoms with Crippen LogP contribution in [0.15, 0.2) is 291 Å². The van der Waals surface area contributed by atoms with Crippen LogP contribution in [0.3, 0.4) is 0 Å². The van der Waals surface area contributed by atoms with Gasteiger partial charge in [-0.05, 0) is 122 Å². The van der Waals surface area contributed by atoms with Gasteiger partial charge in [-0.2, -0.15) is 0 Å². The van der Waals surface area contributed by atoms with Crippen LogP contribution in [-0.2, 0) is 0 Å². The Morgan fingerprint density at radius 3 is 1.33 bits per heavy atom. The molecule has 14 aromatic rings. The highest BCUT2D eigenvalue weighted by molar-refractivity contribution is 7.25. The number of rotatable bonds is 10. The van der Waals surface area contributed by atoms with Gasteiger partial charge in [-0.3, -0.25) is 0 Å². The summed E-state index contributed by atoms with van der Waals surface area (Å²) in [6.45, 7) is 0. The maximum Gasteiger partial charge on any atom is 0.0541 e. The molecule has 14 rings (SSSR count). The van der Waals surface area contributed by atoms with E-state index in [4.69, 9.17) is 0 Å². The fourth-order valence-electron chi connectivity index (χ4n) is 11.2. The van der Waals surface area contributed by atoms with Crippen LogP contribution in [0.2, 0.25) is 0 Å². The Bertz CT molecular complexity index is 4430. The molecule has 0 N–H and O–H groups in total. The van der Waals surface area contributed by atoms with Crippen LogP contribution < -0.4 is 9.80 Å². The molecule has 0 spiro atoms. The smallest absolute Gasteiger partial charge is 0.0541 e. The topological polar surface area (TPSA) is 6.48 Å². The van der Waals surface area contributed by atoms with Gasteiger partial charge in [0.05, 0.1) is 22.7 Å². The van der Waals surface area contributed by atoms with Crippen molar-refractivity contribution in [3.8, 4) is 44.5 Å². The summed E-state index contributed by atoms with van der Waals surface area (Å²) in [5.74, 6) is 0. The Morgan fingerprint density at radius 2 is 0.640 bits per heavy atom. The van der Waals surface area contributed by atoms with E-state index in [1.165, 1.54) is 80.3 Å². The van der Waals surface area contributed by atoms with Crippen LogP contribution in [0.4, 0.5) is 34.1 Å². The molecule has 1 aromatic heterocycles. The predicted molar refractivity (Wildman–Crippen MR) is 323 cm³/mol. The minimum absolute atomic E-state index is 1.07. The summed E-state index contributed by atoms with van der Waals surface area (Å²) < 4.78 is 2.64. The molecule has 13 aromatic carbocycles. The number of benzene rings is 13. The van der Waals surface area contributed by atoms with E-state index in [-0.39, 0.29) is 0 Å². The summed E-state index contributed by atoms with van der Waals surface area (Å²) >= 11 is 1.87. The van der Waals surface area contributed by atoms with E-state index in [0.29, 0.717) is 0 Å². The summed E-state index contributed by atoms with van der Waals surface area (Å²) in [4.78, 5) is 4.93. The van der Waals surface area contributed by atoms with Crippen LogP contribution in [0, 0.1) is 0 Å². The van der Waals surface area contributed by atoms with Crippen molar-refractivity contribution in [2.24, 2.45) is 0 Å². The molecule has 352 valence electrons. The molecule has 0 saturated heterocycles. The van der Waals surface area contributed by atoms with E-state index in [0.717, 1.165) is 50.8 Å². The molecule has 75 heavy (non-hydrogen) atoms. The van der Waals surface area contributed by atoms with Gasteiger partial charge in [0, 0.05) is 53.4 Å². The zero-order valence-corrected chi connectivity index (χ0v) is 41.8. The average molecular weight is 973 g/mol. The first-order chi connectivity index (χ1) is 37.2. The molecule has 0 amide bonds. The summed E-state index contributed by atoms with van der Waals surface area (Å²) in [7, 11) is 0. The highest BCUT2D eigenvalue weighted by atomic mass is 32.1. The zero-order valence-electron chi connectivity index (χ0n) is 41.0. The van der Waals surface area contributed by atoms with E-state index >= 15 is 0 Å². The SMILES string of the molecule is c1ccc(-c2ccc(-c3cccc(N(c4ccccc4-c4ccccc4N(c4ccc5cc(-c6ccc7c(c6)sc6ccccc67)ccc5c4)c4cccc5ccccc45)c4cccc5ccccc45)c3)cc2)cc1. The molecule has 2 nitrogen and oxygen atoms in total. The molecule has 3 heteroatoms. The second-order valence-electron chi connectivity index (χ2n) is 19.3. The van der Waals surface area contributed by atoms with Crippen molar-refractivity contribution in [1.29, 1.82) is 0 Å². The summed E-state index contributed by atoms with van der Waals surface area (Å²) in [6.07, 6.45) is 0. The number of hydrogen-bond donors (Lipinski definition) is 0. The summed E-state index contributed by atoms with van der Waals surface area (Å²) in [5.41, 5.74) is 15.9. The second kappa shape index (κ2) is 18.8. The third kappa shape index (κ3) is 8.08. The van der Waals surface area contributed by atoms with Crippen LogP contribution in [-0.4, -0.2) is 0 Å². The van der Waals surface area contributed by atoms with E-state index in [2.05, 4.69) is 301 Å². The van der Waals surface area contributed by atoms with Crippen molar-refractivity contribution in [1.82, 2.24) is 0 Å². The maximum atomic E-state index is 2.47. The first-order valence-corrected chi connectivity index (χ1v) is 26.5. The number of nitrogens with zero attached hydrogens (tertiary/aromatic N) is 2. The van der Waals surface area contributed by atoms with Gasteiger partial charge in [0.15, 0.2) is 0 Å². The highest BCUT2D eigenvalue weighted by Crippen LogP contribution is 2.49. The molecule has 0 radical (unpaired) electrons. The molecule has 0 atom stereocenters. The van der Waals surface area contributed by atoms with Crippen molar-refractivity contribution < 1.29 is 0 Å². The number of fused-ring (bicyclic) bond motifs is 6. The molecule has 0 aliphatic heterocycles. The summed E-state index contributed by atoms with van der Waals surface area (Å²) in [6, 6.07) is 107. The third-order valence-corrected chi connectivity index (χ3v) is 16.0. The maximum absolute atomic E-state index is 2.47. The van der Waals surface area contributed by atoms with Crippen LogP contribution >= 0.6 is 11.3 Å². The van der Waals surface area contributed by atoms with E-state index in [1.54, 1.807) is 0 Å². The second-order valence-corrected chi connectivity index (χ2v) is 20.3. The molecule has 0 saturated carbocycles. The first-order valence-electron chi connectivity index (χ1n) is 25.6. The quantitative estimate of drug-likeness (QED) is 0.135. The highest BCUT2D eigenvalue weighted by Gasteiger charge is 2.24. The van der Waals surface area contributed by atoms with E-state index in [1.807, 2.05) is 11.3 Å². The largest absolute Gasteiger partial charge is 0.309 e. The van der Waals surface area contributed by atoms with Crippen molar-refractivity contribution in [2.45, 2.75) is 0 Å². The number of anilines is 6. The Balaban J connectivity index is 0.919. The molecule has 0 bridgehead atoms. The zero-order chi connectivity index (χ0) is 49.7. The van der Waals surface area contributed by atoms with Crippen molar-refractivity contribution >= 4 is 98.0 Å². The normalized spacial score (nSPS) is 11.5. The van der Waals surface area contributed by atoms with Gasteiger partial charge in [-0.25, -0.2) is 0 Å². The van der Waals surface area contributed by atoms with Crippen molar-refractivity contribution in [3.63, 3.8) is 0 Å². The fraction of sp³-hybridized carbons (Fsp3) is 0. The van der Waals surface area contributed by atoms with Crippen LogP contribution in [0.25, 0.3) is 97.0 Å². The molecular weight excluding hydrogens is 925 g/mol. The lowest BCUT2D eigenvalue weighted by atomic mass is 9.96. The number of para-hydroxylation sites is 2. The molecule has 1 heterocycles. The van der Waals surface area contributed by atoms with Gasteiger partial charge in [0.25, 0.3) is 0 Å². The van der Waals surface area contributed by atoms with E-state index < -0.39 is 0 Å². The van der Waals surface area contributed by atoms with Gasteiger partial charge in [-0.1, -0.05) is 224 Å². The Labute approximate surface area is 440 Å². The van der Waals surface area contributed by atoms with Crippen molar-refractivity contribution in [3.05, 3.63) is 291 Å². The molecule has 0 aliphatic rings. The first kappa shape index (κ1) is 44.2. The minimum atomic E-state index is 1.07. The Hall–Kier alpha value is -9.54. The van der Waals surface area contributed by atoms with Gasteiger partial charge in [-0.15, -0.1) is 11.3 Å². The van der Waals surface area contributed by atoms with Gasteiger partial charge in [0.1, 0.15) is 0 Å². The van der Waals surface area contributed by atoms with Crippen LogP contribution in [0.1, 0.15) is 0 Å². The number of thiophene rings is 1. The predicted octanol–water partition coefficient (Wildman–Crippen LogP) is 21.1.